The van der Waals surface area contributed by atoms with Crippen LogP contribution in [0.25, 0.3) is 0 Å². The van der Waals surface area contributed by atoms with E-state index in [4.69, 9.17) is 0 Å². The van der Waals surface area contributed by atoms with Crippen molar-refractivity contribution in [3.63, 3.8) is 0 Å². The van der Waals surface area contributed by atoms with Gasteiger partial charge in [0.1, 0.15) is 0 Å². The van der Waals surface area contributed by atoms with Crippen molar-refractivity contribution in [3.8, 4) is 0 Å². The van der Waals surface area contributed by atoms with Gasteiger partial charge in [-0.1, -0.05) is 24.3 Å². The average Bonchev–Trinajstić information content (AvgIpc) is 2.55. The largest absolute Gasteiger partial charge is 0.549 e. The average molecular weight is 257 g/mol. The highest BCUT2D eigenvalue weighted by Gasteiger charge is 2.40. The number of carbonyl (C=O) groups is 1. The van der Waals surface area contributed by atoms with Crippen LogP contribution in [-0.4, -0.2) is 21.4 Å². The SMILES string of the molecule is O=C([O-])[C@@H]1c2ccccc2C[C@@H]1P(O)(O)=S. The molecular weight excluding hydrogens is 247 g/mol. The Labute approximate surface area is 97.7 Å². The van der Waals surface area contributed by atoms with E-state index < -0.39 is 24.0 Å². The van der Waals surface area contributed by atoms with E-state index in [1.165, 1.54) is 0 Å². The van der Waals surface area contributed by atoms with Gasteiger partial charge in [0.25, 0.3) is 0 Å². The van der Waals surface area contributed by atoms with Crippen LogP contribution in [0.3, 0.4) is 0 Å². The van der Waals surface area contributed by atoms with Crippen LogP contribution in [-0.2, 0) is 23.0 Å². The molecule has 86 valence electrons. The lowest BCUT2D eigenvalue weighted by Crippen LogP contribution is -2.34. The zero-order valence-electron chi connectivity index (χ0n) is 8.24. The molecule has 0 aliphatic heterocycles. The van der Waals surface area contributed by atoms with Gasteiger partial charge >= 0.3 is 0 Å². The molecule has 0 heterocycles. The second-order valence-electron chi connectivity index (χ2n) is 3.86. The predicted molar refractivity (Wildman–Crippen MR) is 60.4 cm³/mol. The standard InChI is InChI=1S/C10H11O4PS/c11-10(12)9-7-4-2-1-3-6(7)5-8(9)15(13,14)16/h1-4,8-9H,5H2,(H,11,12)(H2,13,14,16)/p-1/t8-,9+/m0/s1. The molecule has 0 spiro atoms. The van der Waals surface area contributed by atoms with E-state index >= 15 is 0 Å². The Kier molecular flexibility index (Phi) is 2.88. The zero-order valence-corrected chi connectivity index (χ0v) is 9.95. The molecule has 0 bridgehead atoms. The van der Waals surface area contributed by atoms with E-state index in [1.807, 2.05) is 0 Å². The number of carboxylic acid groups (broad SMARTS) is 1. The lowest BCUT2D eigenvalue weighted by atomic mass is 10.0. The fourth-order valence-electron chi connectivity index (χ4n) is 2.17. The maximum Gasteiger partial charge on any atom is 0.187 e. The molecule has 2 N–H and O–H groups in total. The van der Waals surface area contributed by atoms with Gasteiger partial charge in [0.2, 0.25) is 0 Å². The molecule has 16 heavy (non-hydrogen) atoms. The first-order valence-electron chi connectivity index (χ1n) is 4.75. The molecule has 1 aromatic carbocycles. The highest BCUT2D eigenvalue weighted by molar-refractivity contribution is 8.09. The summed E-state index contributed by atoms with van der Waals surface area (Å²) in [6.45, 7) is -3.59. The molecule has 1 aromatic rings. The van der Waals surface area contributed by atoms with Crippen LogP contribution in [0, 0.1) is 0 Å². The quantitative estimate of drug-likeness (QED) is 0.713. The van der Waals surface area contributed by atoms with Crippen molar-refractivity contribution < 1.29 is 19.7 Å². The normalized spacial score (nSPS) is 24.1. The number of carbonyl (C=O) groups excluding carboxylic acids is 1. The maximum absolute atomic E-state index is 11.1. The molecule has 2 atom stereocenters. The number of fused-ring (bicyclic) bond motifs is 1. The summed E-state index contributed by atoms with van der Waals surface area (Å²) in [6, 6.07) is 6.94. The van der Waals surface area contributed by atoms with Crippen molar-refractivity contribution >= 4 is 24.3 Å². The van der Waals surface area contributed by atoms with Gasteiger partial charge in [0.05, 0.1) is 5.66 Å². The third-order valence-corrected chi connectivity index (χ3v) is 5.05. The highest BCUT2D eigenvalue weighted by atomic mass is 32.5. The van der Waals surface area contributed by atoms with Gasteiger partial charge in [0.15, 0.2) is 6.49 Å². The van der Waals surface area contributed by atoms with E-state index in [9.17, 15) is 19.7 Å². The van der Waals surface area contributed by atoms with Gasteiger partial charge in [-0.3, -0.25) is 0 Å². The van der Waals surface area contributed by atoms with E-state index in [1.54, 1.807) is 24.3 Å². The number of carboxylic acids is 1. The molecule has 0 saturated carbocycles. The zero-order chi connectivity index (χ0) is 11.9. The first-order chi connectivity index (χ1) is 7.41. The first kappa shape index (κ1) is 11.7. The molecule has 0 aromatic heterocycles. The Balaban J connectivity index is 2.50. The number of hydrogen-bond donors (Lipinski definition) is 2. The Morgan fingerprint density at radius 3 is 2.62 bits per heavy atom. The van der Waals surface area contributed by atoms with Crippen LogP contribution >= 0.6 is 6.49 Å². The molecule has 1 aliphatic rings. The topological polar surface area (TPSA) is 80.6 Å². The van der Waals surface area contributed by atoms with Gasteiger partial charge in [-0.25, -0.2) is 0 Å². The van der Waals surface area contributed by atoms with Crippen molar-refractivity contribution in [2.75, 3.05) is 0 Å². The lowest BCUT2D eigenvalue weighted by molar-refractivity contribution is -0.307. The van der Waals surface area contributed by atoms with E-state index in [2.05, 4.69) is 11.8 Å². The molecule has 2 rings (SSSR count). The van der Waals surface area contributed by atoms with Gasteiger partial charge in [-0.2, -0.15) is 0 Å². The molecular formula is C10H10O4PS-. The summed E-state index contributed by atoms with van der Waals surface area (Å²) in [5.74, 6) is -2.30. The Bertz CT molecular complexity index is 481. The van der Waals surface area contributed by atoms with Gasteiger partial charge < -0.3 is 19.7 Å². The molecule has 0 unspecified atom stereocenters. The minimum Gasteiger partial charge on any atom is -0.549 e. The second kappa shape index (κ2) is 3.93. The van der Waals surface area contributed by atoms with Crippen LogP contribution in [0.4, 0.5) is 0 Å². The number of aliphatic carboxylic acids is 1. The molecule has 0 fully saturated rings. The van der Waals surface area contributed by atoms with Gasteiger partial charge in [-0.05, 0) is 29.4 Å². The molecule has 6 heteroatoms. The van der Waals surface area contributed by atoms with Crippen molar-refractivity contribution in [2.24, 2.45) is 0 Å². The highest BCUT2D eigenvalue weighted by Crippen LogP contribution is 2.53. The maximum atomic E-state index is 11.1. The van der Waals surface area contributed by atoms with Crippen LogP contribution in [0.1, 0.15) is 17.0 Å². The van der Waals surface area contributed by atoms with Crippen LogP contribution in [0.2, 0.25) is 0 Å². The van der Waals surface area contributed by atoms with E-state index in [0.717, 1.165) is 5.56 Å². The summed E-state index contributed by atoms with van der Waals surface area (Å²) in [4.78, 5) is 30.1. The Hall–Kier alpha value is -0.740. The first-order valence-corrected chi connectivity index (χ1v) is 7.53. The summed E-state index contributed by atoms with van der Waals surface area (Å²) in [6.07, 6.45) is 0.291. The van der Waals surface area contributed by atoms with Crippen molar-refractivity contribution in [2.45, 2.75) is 18.0 Å². The van der Waals surface area contributed by atoms with Gasteiger partial charge in [-0.15, -0.1) is 0 Å². The molecule has 0 radical (unpaired) electrons. The van der Waals surface area contributed by atoms with Crippen molar-refractivity contribution in [1.29, 1.82) is 0 Å². The number of hydrogen-bond acceptors (Lipinski definition) is 3. The second-order valence-corrected chi connectivity index (χ2v) is 7.31. The van der Waals surface area contributed by atoms with Crippen LogP contribution < -0.4 is 5.11 Å². The monoisotopic (exact) mass is 257 g/mol. The summed E-state index contributed by atoms with van der Waals surface area (Å²) in [7, 11) is 0. The summed E-state index contributed by atoms with van der Waals surface area (Å²) in [5, 5.41) is 11.1. The van der Waals surface area contributed by atoms with E-state index in [0.29, 0.717) is 12.0 Å². The molecule has 0 amide bonds. The smallest absolute Gasteiger partial charge is 0.187 e. The number of benzene rings is 1. The van der Waals surface area contributed by atoms with Crippen molar-refractivity contribution in [3.05, 3.63) is 35.4 Å². The number of rotatable bonds is 2. The van der Waals surface area contributed by atoms with Crippen LogP contribution in [0.15, 0.2) is 24.3 Å². The van der Waals surface area contributed by atoms with Gasteiger partial charge in [0, 0.05) is 11.9 Å². The predicted octanol–water partition coefficient (Wildman–Crippen LogP) is -0.261. The Morgan fingerprint density at radius 2 is 2.06 bits per heavy atom. The molecule has 4 nitrogen and oxygen atoms in total. The summed E-state index contributed by atoms with van der Waals surface area (Å²) < 4.78 is 0. The van der Waals surface area contributed by atoms with E-state index in [-0.39, 0.29) is 0 Å². The molecule has 1 aliphatic carbocycles. The third-order valence-electron chi connectivity index (χ3n) is 2.89. The third kappa shape index (κ3) is 1.92. The summed E-state index contributed by atoms with van der Waals surface area (Å²) in [5.41, 5.74) is 0.564. The minimum atomic E-state index is -3.59. The fourth-order valence-corrected chi connectivity index (χ4v) is 3.87. The summed E-state index contributed by atoms with van der Waals surface area (Å²) >= 11 is 4.62. The fraction of sp³-hybridized carbons (Fsp3) is 0.300. The Morgan fingerprint density at radius 1 is 1.44 bits per heavy atom. The van der Waals surface area contributed by atoms with Crippen LogP contribution in [0.5, 0.6) is 0 Å². The lowest BCUT2D eigenvalue weighted by Gasteiger charge is -2.24. The van der Waals surface area contributed by atoms with Crippen molar-refractivity contribution in [1.82, 2.24) is 0 Å². The molecule has 0 saturated heterocycles. The minimum absolute atomic E-state index is 0.291.